The third kappa shape index (κ3) is 3.12. The number of aromatic nitrogens is 2. The lowest BCUT2D eigenvalue weighted by Crippen LogP contribution is -2.19. The van der Waals surface area contributed by atoms with Gasteiger partial charge in [0.25, 0.3) is 0 Å². The van der Waals surface area contributed by atoms with Crippen LogP contribution in [0, 0.1) is 0 Å². The molecule has 2 heterocycles. The van der Waals surface area contributed by atoms with Crippen LogP contribution >= 0.6 is 11.8 Å². The van der Waals surface area contributed by atoms with Crippen LogP contribution in [-0.4, -0.2) is 21.7 Å². The molecule has 3 rings (SSSR count). The predicted octanol–water partition coefficient (Wildman–Crippen LogP) is 2.41. The summed E-state index contributed by atoms with van der Waals surface area (Å²) in [5, 5.41) is 4.74. The molecule has 5 heteroatoms. The van der Waals surface area contributed by atoms with E-state index in [0.717, 1.165) is 17.4 Å². The Hall–Kier alpha value is -1.88. The molecule has 1 aliphatic rings. The molecule has 1 atom stereocenters. The first kappa shape index (κ1) is 12.2. The molecule has 0 aliphatic carbocycles. The van der Waals surface area contributed by atoms with Crippen LogP contribution in [0.5, 0.6) is 0 Å². The number of aliphatic imine (C=N–C) groups is 1. The van der Waals surface area contributed by atoms with Gasteiger partial charge in [-0.15, -0.1) is 0 Å². The Morgan fingerprint density at radius 3 is 2.89 bits per heavy atom. The van der Waals surface area contributed by atoms with Gasteiger partial charge in [-0.05, 0) is 11.6 Å². The van der Waals surface area contributed by atoms with Crippen LogP contribution in [0.3, 0.4) is 0 Å². The van der Waals surface area contributed by atoms with Crippen molar-refractivity contribution in [1.29, 1.82) is 0 Å². The van der Waals surface area contributed by atoms with Crippen molar-refractivity contribution in [2.75, 3.05) is 6.54 Å². The van der Waals surface area contributed by atoms with E-state index in [0.29, 0.717) is 11.8 Å². The van der Waals surface area contributed by atoms with Crippen LogP contribution in [0.1, 0.15) is 16.5 Å². The molecule has 0 saturated carbocycles. The topological polar surface area (TPSA) is 50.2 Å². The first-order valence-corrected chi connectivity index (χ1v) is 7.04. The molecule has 0 saturated heterocycles. The van der Waals surface area contributed by atoms with E-state index in [1.54, 1.807) is 24.3 Å². The lowest BCUT2D eigenvalue weighted by Gasteiger charge is -2.09. The minimum atomic E-state index is 0.425. The quantitative estimate of drug-likeness (QED) is 0.930. The van der Waals surface area contributed by atoms with Crippen LogP contribution < -0.4 is 5.32 Å². The molecule has 0 bridgehead atoms. The van der Waals surface area contributed by atoms with Gasteiger partial charge in [0, 0.05) is 6.20 Å². The normalized spacial score (nSPS) is 18.1. The Labute approximate surface area is 116 Å². The largest absolute Gasteiger partial charge is 0.359 e. The summed E-state index contributed by atoms with van der Waals surface area (Å²) >= 11 is 1.78. The van der Waals surface area contributed by atoms with Crippen molar-refractivity contribution in [3.63, 3.8) is 0 Å². The van der Waals surface area contributed by atoms with Crippen LogP contribution in [0.2, 0.25) is 0 Å². The molecule has 2 aromatic rings. The number of thioether (sulfide) groups is 1. The van der Waals surface area contributed by atoms with Gasteiger partial charge in [0.15, 0.2) is 5.17 Å². The van der Waals surface area contributed by atoms with Crippen molar-refractivity contribution < 1.29 is 0 Å². The van der Waals surface area contributed by atoms with E-state index in [4.69, 9.17) is 0 Å². The van der Waals surface area contributed by atoms with Gasteiger partial charge in [-0.2, -0.15) is 0 Å². The lowest BCUT2D eigenvalue weighted by molar-refractivity contribution is 0.866. The summed E-state index contributed by atoms with van der Waals surface area (Å²) in [6.45, 7) is 1.52. The molecule has 0 fully saturated rings. The van der Waals surface area contributed by atoms with Gasteiger partial charge in [0.1, 0.15) is 6.33 Å². The fraction of sp³-hybridized carbons (Fsp3) is 0.214. The standard InChI is InChI=1S/C14H14N4S/c1-2-4-11(5-3-1)13-9-17-14(19-13)16-8-12-6-7-15-10-18-12/h1-7,10,13H,8-9H2,(H,16,17). The van der Waals surface area contributed by atoms with E-state index in [1.165, 1.54) is 5.56 Å². The molecule has 19 heavy (non-hydrogen) atoms. The molecule has 1 N–H and O–H groups in total. The van der Waals surface area contributed by atoms with Crippen molar-refractivity contribution >= 4 is 16.9 Å². The smallest absolute Gasteiger partial charge is 0.157 e. The first-order valence-electron chi connectivity index (χ1n) is 6.16. The molecular formula is C14H14N4S. The van der Waals surface area contributed by atoms with Gasteiger partial charge in [0.05, 0.1) is 24.0 Å². The Morgan fingerprint density at radius 1 is 1.21 bits per heavy atom. The summed E-state index contributed by atoms with van der Waals surface area (Å²) < 4.78 is 0. The van der Waals surface area contributed by atoms with Crippen LogP contribution in [0.15, 0.2) is 53.9 Å². The van der Waals surface area contributed by atoms with E-state index in [-0.39, 0.29) is 0 Å². The minimum absolute atomic E-state index is 0.425. The number of nitrogens with one attached hydrogen (secondary N) is 1. The SMILES string of the molecule is c1ccc(C2CN=C(NCc3ccncn3)S2)cc1. The zero-order chi connectivity index (χ0) is 12.9. The van der Waals surface area contributed by atoms with Gasteiger partial charge in [-0.25, -0.2) is 9.97 Å². The Morgan fingerprint density at radius 2 is 2.11 bits per heavy atom. The molecule has 96 valence electrons. The molecule has 0 spiro atoms. The maximum atomic E-state index is 4.53. The second-order valence-corrected chi connectivity index (χ2v) is 5.41. The second kappa shape index (κ2) is 5.84. The van der Waals surface area contributed by atoms with E-state index < -0.39 is 0 Å². The zero-order valence-electron chi connectivity index (χ0n) is 10.4. The third-order valence-corrected chi connectivity index (χ3v) is 4.09. The molecule has 1 aromatic heterocycles. The van der Waals surface area contributed by atoms with E-state index in [9.17, 15) is 0 Å². The molecule has 1 aliphatic heterocycles. The van der Waals surface area contributed by atoms with E-state index >= 15 is 0 Å². The summed E-state index contributed by atoms with van der Waals surface area (Å²) in [6, 6.07) is 12.4. The lowest BCUT2D eigenvalue weighted by atomic mass is 10.1. The Kier molecular flexibility index (Phi) is 3.74. The van der Waals surface area contributed by atoms with Crippen LogP contribution in [0.4, 0.5) is 0 Å². The summed E-state index contributed by atoms with van der Waals surface area (Å²) in [7, 11) is 0. The molecule has 0 amide bonds. The van der Waals surface area contributed by atoms with Crippen molar-refractivity contribution in [3.05, 3.63) is 60.2 Å². The number of hydrogen-bond acceptors (Lipinski definition) is 5. The van der Waals surface area contributed by atoms with E-state index in [1.807, 2.05) is 12.1 Å². The maximum Gasteiger partial charge on any atom is 0.157 e. The Bertz CT molecular complexity index is 556. The number of hydrogen-bond donors (Lipinski definition) is 1. The third-order valence-electron chi connectivity index (χ3n) is 2.89. The van der Waals surface area contributed by atoms with E-state index in [2.05, 4.69) is 44.5 Å². The highest BCUT2D eigenvalue weighted by molar-refractivity contribution is 8.14. The predicted molar refractivity (Wildman–Crippen MR) is 77.9 cm³/mol. The van der Waals surface area contributed by atoms with Gasteiger partial charge >= 0.3 is 0 Å². The number of rotatable bonds is 3. The highest BCUT2D eigenvalue weighted by atomic mass is 32.2. The summed E-state index contributed by atoms with van der Waals surface area (Å²) in [6.07, 6.45) is 3.31. The molecule has 0 radical (unpaired) electrons. The Balaban J connectivity index is 1.55. The van der Waals surface area contributed by atoms with Gasteiger partial charge < -0.3 is 5.32 Å². The van der Waals surface area contributed by atoms with Crippen molar-refractivity contribution in [3.8, 4) is 0 Å². The van der Waals surface area contributed by atoms with Crippen LogP contribution in [0.25, 0.3) is 0 Å². The number of benzene rings is 1. The average molecular weight is 270 g/mol. The zero-order valence-corrected chi connectivity index (χ0v) is 11.2. The molecule has 1 unspecified atom stereocenters. The molecule has 1 aromatic carbocycles. The number of nitrogens with zero attached hydrogens (tertiary/aromatic N) is 3. The highest BCUT2D eigenvalue weighted by Gasteiger charge is 2.20. The van der Waals surface area contributed by atoms with Crippen molar-refractivity contribution in [2.45, 2.75) is 11.8 Å². The number of amidine groups is 1. The van der Waals surface area contributed by atoms with Gasteiger partial charge in [-0.1, -0.05) is 42.1 Å². The molecular weight excluding hydrogens is 256 g/mol. The first-order chi connectivity index (χ1) is 9.42. The van der Waals surface area contributed by atoms with Crippen LogP contribution in [-0.2, 0) is 6.54 Å². The van der Waals surface area contributed by atoms with Gasteiger partial charge in [-0.3, -0.25) is 4.99 Å². The fourth-order valence-corrected chi connectivity index (χ4v) is 2.92. The van der Waals surface area contributed by atoms with Gasteiger partial charge in [0.2, 0.25) is 0 Å². The second-order valence-electron chi connectivity index (χ2n) is 4.22. The summed E-state index contributed by atoms with van der Waals surface area (Å²) in [4.78, 5) is 12.6. The fourth-order valence-electron chi connectivity index (χ4n) is 1.90. The van der Waals surface area contributed by atoms with Crippen molar-refractivity contribution in [1.82, 2.24) is 15.3 Å². The summed E-state index contributed by atoms with van der Waals surface area (Å²) in [5.74, 6) is 0. The summed E-state index contributed by atoms with van der Waals surface area (Å²) in [5.41, 5.74) is 2.30. The average Bonchev–Trinajstić information content (AvgIpc) is 2.96. The molecule has 4 nitrogen and oxygen atoms in total. The minimum Gasteiger partial charge on any atom is -0.359 e. The van der Waals surface area contributed by atoms with Crippen molar-refractivity contribution in [2.24, 2.45) is 4.99 Å². The monoisotopic (exact) mass is 270 g/mol. The highest BCUT2D eigenvalue weighted by Crippen LogP contribution is 2.34. The maximum absolute atomic E-state index is 4.53.